The maximum Gasteiger partial charge on any atom is 0.205 e. The van der Waals surface area contributed by atoms with Crippen LogP contribution in [-0.2, 0) is 13.0 Å². The number of rotatable bonds is 7. The Labute approximate surface area is 172 Å². The smallest absolute Gasteiger partial charge is 0.205 e. The second kappa shape index (κ2) is 9.12. The number of aromatic nitrogens is 2. The van der Waals surface area contributed by atoms with Crippen LogP contribution in [0.4, 0.5) is 10.3 Å². The molecule has 0 saturated carbocycles. The van der Waals surface area contributed by atoms with E-state index in [2.05, 4.69) is 26.6 Å². The van der Waals surface area contributed by atoms with E-state index in [1.807, 2.05) is 36.7 Å². The molecule has 4 nitrogen and oxygen atoms in total. The molecule has 1 aliphatic heterocycles. The molecule has 0 bridgehead atoms. The maximum atomic E-state index is 13.1. The van der Waals surface area contributed by atoms with Crippen molar-refractivity contribution in [2.24, 2.45) is 5.92 Å². The minimum Gasteiger partial charge on any atom is -0.497 e. The van der Waals surface area contributed by atoms with Gasteiger partial charge in [0.2, 0.25) is 5.95 Å². The Morgan fingerprint density at radius 2 is 1.69 bits per heavy atom. The molecule has 0 aliphatic carbocycles. The normalized spacial score (nSPS) is 14.9. The molecule has 1 aliphatic rings. The van der Waals surface area contributed by atoms with E-state index >= 15 is 0 Å². The summed E-state index contributed by atoms with van der Waals surface area (Å²) in [6.07, 6.45) is 8.60. The molecule has 5 heteroatoms. The largest absolute Gasteiger partial charge is 0.497 e. The maximum absolute atomic E-state index is 13.1. The number of nitrogens with zero attached hydrogens (tertiary/aromatic N) is 3. The van der Waals surface area contributed by atoms with Crippen molar-refractivity contribution in [2.45, 2.75) is 32.2 Å². The average Bonchev–Trinajstić information content (AvgIpc) is 3.23. The van der Waals surface area contributed by atoms with Crippen LogP contribution in [0.5, 0.6) is 5.75 Å². The number of piperidine rings is 1. The van der Waals surface area contributed by atoms with Crippen LogP contribution in [0.3, 0.4) is 0 Å². The van der Waals surface area contributed by atoms with Gasteiger partial charge in [0.05, 0.1) is 13.7 Å². The van der Waals surface area contributed by atoms with Crippen LogP contribution < -0.4 is 9.64 Å². The van der Waals surface area contributed by atoms with E-state index in [9.17, 15) is 4.39 Å². The first kappa shape index (κ1) is 19.5. The van der Waals surface area contributed by atoms with E-state index in [1.54, 1.807) is 7.11 Å². The summed E-state index contributed by atoms with van der Waals surface area (Å²) >= 11 is 0. The van der Waals surface area contributed by atoms with Crippen LogP contribution >= 0.6 is 0 Å². The first-order chi connectivity index (χ1) is 14.2. The Hall–Kier alpha value is -2.82. The van der Waals surface area contributed by atoms with E-state index in [0.29, 0.717) is 6.54 Å². The number of halogens is 1. The van der Waals surface area contributed by atoms with Crippen molar-refractivity contribution in [1.82, 2.24) is 9.55 Å². The fourth-order valence-electron chi connectivity index (χ4n) is 4.08. The number of aryl methyl sites for hydroxylation is 1. The Bertz CT molecular complexity index is 897. The van der Waals surface area contributed by atoms with Gasteiger partial charge in [-0.2, -0.15) is 0 Å². The van der Waals surface area contributed by atoms with Gasteiger partial charge in [0, 0.05) is 25.5 Å². The minimum absolute atomic E-state index is 0.198. The van der Waals surface area contributed by atoms with Crippen molar-refractivity contribution in [2.75, 3.05) is 25.1 Å². The lowest BCUT2D eigenvalue weighted by molar-refractivity contribution is 0.377. The fourth-order valence-corrected chi connectivity index (χ4v) is 4.08. The Morgan fingerprint density at radius 1 is 1.00 bits per heavy atom. The third-order valence-electron chi connectivity index (χ3n) is 5.86. The van der Waals surface area contributed by atoms with Crippen molar-refractivity contribution >= 4 is 5.95 Å². The standard InChI is InChI=1S/C24H28FN3O/c1-29-23-10-6-19(7-11-23)2-3-20-12-15-27(16-13-20)24-26-14-17-28(24)18-21-4-8-22(25)9-5-21/h4-11,14,17,20H,2-3,12-13,15-16,18H2,1H3. The van der Waals surface area contributed by atoms with Gasteiger partial charge < -0.3 is 14.2 Å². The average molecular weight is 394 g/mol. The summed E-state index contributed by atoms with van der Waals surface area (Å²) in [6, 6.07) is 15.1. The van der Waals surface area contributed by atoms with Crippen LogP contribution in [0.25, 0.3) is 0 Å². The van der Waals surface area contributed by atoms with Crippen LogP contribution in [0.2, 0.25) is 0 Å². The molecular formula is C24H28FN3O. The summed E-state index contributed by atoms with van der Waals surface area (Å²) < 4.78 is 20.5. The van der Waals surface area contributed by atoms with Gasteiger partial charge in [-0.3, -0.25) is 0 Å². The number of methoxy groups -OCH3 is 1. The minimum atomic E-state index is -0.198. The highest BCUT2D eigenvalue weighted by Crippen LogP contribution is 2.26. The zero-order chi connectivity index (χ0) is 20.1. The second-order valence-corrected chi connectivity index (χ2v) is 7.80. The third-order valence-corrected chi connectivity index (χ3v) is 5.86. The van der Waals surface area contributed by atoms with E-state index in [4.69, 9.17) is 4.74 Å². The van der Waals surface area contributed by atoms with Crippen molar-refractivity contribution in [3.8, 4) is 5.75 Å². The SMILES string of the molecule is COc1ccc(CCC2CCN(c3nccn3Cc3ccc(F)cc3)CC2)cc1. The summed E-state index contributed by atoms with van der Waals surface area (Å²) in [7, 11) is 1.70. The Balaban J connectivity index is 1.29. The zero-order valence-corrected chi connectivity index (χ0v) is 16.9. The molecule has 3 aromatic rings. The van der Waals surface area contributed by atoms with Crippen molar-refractivity contribution in [1.29, 1.82) is 0 Å². The molecule has 1 aromatic heterocycles. The molecule has 2 aromatic carbocycles. The summed E-state index contributed by atoms with van der Waals surface area (Å²) in [5, 5.41) is 0. The lowest BCUT2D eigenvalue weighted by atomic mass is 9.90. The highest BCUT2D eigenvalue weighted by Gasteiger charge is 2.22. The molecule has 0 spiro atoms. The van der Waals surface area contributed by atoms with Crippen LogP contribution in [0, 0.1) is 11.7 Å². The Morgan fingerprint density at radius 3 is 2.38 bits per heavy atom. The predicted octanol–water partition coefficient (Wildman–Crippen LogP) is 4.93. The van der Waals surface area contributed by atoms with Gasteiger partial charge in [-0.15, -0.1) is 0 Å². The van der Waals surface area contributed by atoms with Gasteiger partial charge >= 0.3 is 0 Å². The van der Waals surface area contributed by atoms with Gasteiger partial charge in [0.25, 0.3) is 0 Å². The number of anilines is 1. The molecule has 1 saturated heterocycles. The monoisotopic (exact) mass is 393 g/mol. The summed E-state index contributed by atoms with van der Waals surface area (Å²) in [6.45, 7) is 2.79. The number of hydrogen-bond acceptors (Lipinski definition) is 3. The van der Waals surface area contributed by atoms with Crippen molar-refractivity contribution in [3.63, 3.8) is 0 Å². The second-order valence-electron chi connectivity index (χ2n) is 7.80. The molecule has 0 atom stereocenters. The molecule has 152 valence electrons. The van der Waals surface area contributed by atoms with E-state index in [-0.39, 0.29) is 5.82 Å². The fraction of sp³-hybridized carbons (Fsp3) is 0.375. The van der Waals surface area contributed by atoms with Crippen LogP contribution in [0.1, 0.15) is 30.4 Å². The van der Waals surface area contributed by atoms with Crippen molar-refractivity contribution < 1.29 is 9.13 Å². The molecule has 0 radical (unpaired) electrons. The molecule has 4 rings (SSSR count). The molecule has 0 N–H and O–H groups in total. The summed E-state index contributed by atoms with van der Waals surface area (Å²) in [5.74, 6) is 2.49. The lowest BCUT2D eigenvalue weighted by Gasteiger charge is -2.33. The first-order valence-electron chi connectivity index (χ1n) is 10.3. The van der Waals surface area contributed by atoms with Gasteiger partial charge in [-0.25, -0.2) is 9.37 Å². The van der Waals surface area contributed by atoms with Gasteiger partial charge in [0.15, 0.2) is 0 Å². The Kier molecular flexibility index (Phi) is 6.13. The molecule has 29 heavy (non-hydrogen) atoms. The number of ether oxygens (including phenoxy) is 1. The lowest BCUT2D eigenvalue weighted by Crippen LogP contribution is -2.35. The molecule has 0 amide bonds. The summed E-state index contributed by atoms with van der Waals surface area (Å²) in [5.41, 5.74) is 2.46. The molecule has 0 unspecified atom stereocenters. The highest BCUT2D eigenvalue weighted by atomic mass is 19.1. The van der Waals surface area contributed by atoms with Crippen LogP contribution in [-0.4, -0.2) is 29.8 Å². The van der Waals surface area contributed by atoms with Gasteiger partial charge in [-0.05, 0) is 67.0 Å². The summed E-state index contributed by atoms with van der Waals surface area (Å²) in [4.78, 5) is 6.97. The molecular weight excluding hydrogens is 365 g/mol. The van der Waals surface area contributed by atoms with Crippen molar-refractivity contribution in [3.05, 3.63) is 77.9 Å². The van der Waals surface area contributed by atoms with E-state index in [0.717, 1.165) is 42.7 Å². The quantitative estimate of drug-likeness (QED) is 0.570. The molecule has 2 heterocycles. The first-order valence-corrected chi connectivity index (χ1v) is 10.3. The number of benzene rings is 2. The number of imidazole rings is 1. The zero-order valence-electron chi connectivity index (χ0n) is 16.9. The van der Waals surface area contributed by atoms with Gasteiger partial charge in [-0.1, -0.05) is 24.3 Å². The van der Waals surface area contributed by atoms with Gasteiger partial charge in [0.1, 0.15) is 11.6 Å². The topological polar surface area (TPSA) is 30.3 Å². The number of hydrogen-bond donors (Lipinski definition) is 0. The predicted molar refractivity (Wildman–Crippen MR) is 114 cm³/mol. The molecule has 1 fully saturated rings. The third kappa shape index (κ3) is 4.97. The van der Waals surface area contributed by atoms with Crippen LogP contribution in [0.15, 0.2) is 60.9 Å². The van der Waals surface area contributed by atoms with E-state index < -0.39 is 0 Å². The van der Waals surface area contributed by atoms with E-state index in [1.165, 1.54) is 37.0 Å². The highest BCUT2D eigenvalue weighted by molar-refractivity contribution is 5.33.